The van der Waals surface area contributed by atoms with Gasteiger partial charge in [0.1, 0.15) is 0 Å². The molecule has 0 saturated heterocycles. The number of aryl methyl sites for hydroxylation is 3. The van der Waals surface area contributed by atoms with E-state index in [2.05, 4.69) is 27.9 Å². The van der Waals surface area contributed by atoms with Gasteiger partial charge in [0.2, 0.25) is 5.69 Å². The Bertz CT molecular complexity index is 1050. The summed E-state index contributed by atoms with van der Waals surface area (Å²) in [6.45, 7) is 5.98. The van der Waals surface area contributed by atoms with Gasteiger partial charge in [-0.2, -0.15) is 4.73 Å². The van der Waals surface area contributed by atoms with Gasteiger partial charge in [0, 0.05) is 47.7 Å². The number of aromatic nitrogens is 4. The molecule has 0 aliphatic heterocycles. The normalized spacial score (nSPS) is 10.1. The molecule has 140 valence electrons. The molecule has 0 aromatic carbocycles. The van der Waals surface area contributed by atoms with Crippen LogP contribution in [0.15, 0.2) is 79.5 Å². The molecular weight excluding hydrogens is 348 g/mol. The Kier molecular flexibility index (Phi) is 6.07. The summed E-state index contributed by atoms with van der Waals surface area (Å²) in [6, 6.07) is 15.5. The van der Waals surface area contributed by atoms with Crippen LogP contribution in [0.2, 0.25) is 0 Å². The van der Waals surface area contributed by atoms with Gasteiger partial charge < -0.3 is 5.21 Å². The van der Waals surface area contributed by atoms with Crippen LogP contribution >= 0.6 is 0 Å². The minimum atomic E-state index is 0.628. The summed E-state index contributed by atoms with van der Waals surface area (Å²) in [6.07, 6.45) is 8.52. The van der Waals surface area contributed by atoms with E-state index in [0.29, 0.717) is 5.69 Å². The fraction of sp³-hybridized carbons (Fsp3) is 0.130. The van der Waals surface area contributed by atoms with Crippen molar-refractivity contribution in [3.8, 4) is 22.5 Å². The molecule has 5 nitrogen and oxygen atoms in total. The van der Waals surface area contributed by atoms with Crippen molar-refractivity contribution in [3.05, 3.63) is 102 Å². The Morgan fingerprint density at radius 2 is 1.46 bits per heavy atom. The predicted molar refractivity (Wildman–Crippen MR) is 110 cm³/mol. The zero-order valence-electron chi connectivity index (χ0n) is 16.2. The van der Waals surface area contributed by atoms with Crippen LogP contribution in [0.1, 0.15) is 16.8 Å². The van der Waals surface area contributed by atoms with Crippen LogP contribution in [0.5, 0.6) is 0 Å². The van der Waals surface area contributed by atoms with Crippen LogP contribution in [0, 0.1) is 26.0 Å². The fourth-order valence-electron chi connectivity index (χ4n) is 2.62. The second-order valence-corrected chi connectivity index (χ2v) is 6.50. The zero-order valence-corrected chi connectivity index (χ0v) is 16.2. The van der Waals surface area contributed by atoms with Gasteiger partial charge in [-0.25, -0.2) is 0 Å². The topological polar surface area (TPSA) is 65.6 Å². The third kappa shape index (κ3) is 4.76. The molecule has 0 saturated carbocycles. The number of pyridine rings is 4. The van der Waals surface area contributed by atoms with Gasteiger partial charge in [-0.3, -0.25) is 15.0 Å². The van der Waals surface area contributed by atoms with Gasteiger partial charge in [0.05, 0.1) is 11.3 Å². The molecular formula is C23H22N4O. The van der Waals surface area contributed by atoms with E-state index in [-0.39, 0.29) is 0 Å². The molecule has 4 heterocycles. The van der Waals surface area contributed by atoms with Gasteiger partial charge in [0.25, 0.3) is 0 Å². The number of hydrogen-bond donors (Lipinski definition) is 0. The van der Waals surface area contributed by atoms with Crippen LogP contribution in [-0.2, 0) is 0 Å². The average molecular weight is 370 g/mol. The van der Waals surface area contributed by atoms with Crippen molar-refractivity contribution in [2.24, 2.45) is 0 Å². The largest absolute Gasteiger partial charge is 0.618 e. The minimum absolute atomic E-state index is 0.628. The summed E-state index contributed by atoms with van der Waals surface area (Å²) >= 11 is 0. The lowest BCUT2D eigenvalue weighted by Crippen LogP contribution is -2.28. The van der Waals surface area contributed by atoms with Crippen molar-refractivity contribution in [1.29, 1.82) is 0 Å². The van der Waals surface area contributed by atoms with Crippen molar-refractivity contribution >= 4 is 0 Å². The molecule has 28 heavy (non-hydrogen) atoms. The highest BCUT2D eigenvalue weighted by atomic mass is 16.5. The number of hydrogen-bond acceptors (Lipinski definition) is 4. The Balaban J connectivity index is 0.000000161. The molecule has 0 N–H and O–H groups in total. The molecule has 0 fully saturated rings. The summed E-state index contributed by atoms with van der Waals surface area (Å²) in [4.78, 5) is 12.5. The summed E-state index contributed by atoms with van der Waals surface area (Å²) in [5.74, 6) is 0. The van der Waals surface area contributed by atoms with Crippen molar-refractivity contribution in [3.63, 3.8) is 0 Å². The lowest BCUT2D eigenvalue weighted by atomic mass is 10.1. The van der Waals surface area contributed by atoms with Gasteiger partial charge >= 0.3 is 0 Å². The van der Waals surface area contributed by atoms with Crippen LogP contribution in [-0.4, -0.2) is 15.0 Å². The maximum atomic E-state index is 11.5. The van der Waals surface area contributed by atoms with E-state index in [0.717, 1.165) is 32.8 Å². The second-order valence-electron chi connectivity index (χ2n) is 6.50. The van der Waals surface area contributed by atoms with Gasteiger partial charge in [-0.1, -0.05) is 6.07 Å². The Morgan fingerprint density at radius 1 is 0.786 bits per heavy atom. The van der Waals surface area contributed by atoms with Crippen LogP contribution in [0.25, 0.3) is 22.5 Å². The third-order valence-electron chi connectivity index (χ3n) is 4.33. The minimum Gasteiger partial charge on any atom is -0.618 e. The van der Waals surface area contributed by atoms with Gasteiger partial charge in [-0.15, -0.1) is 0 Å². The second kappa shape index (κ2) is 8.86. The smallest absolute Gasteiger partial charge is 0.225 e. The van der Waals surface area contributed by atoms with E-state index in [1.807, 2.05) is 56.4 Å². The predicted octanol–water partition coefficient (Wildman–Crippen LogP) is 4.45. The molecule has 4 aromatic rings. The number of nitrogens with zero attached hydrogens (tertiary/aromatic N) is 4. The van der Waals surface area contributed by atoms with Crippen LogP contribution < -0.4 is 4.73 Å². The number of rotatable bonds is 2. The Morgan fingerprint density at radius 3 is 2.04 bits per heavy atom. The maximum absolute atomic E-state index is 11.5. The lowest BCUT2D eigenvalue weighted by molar-refractivity contribution is -0.594. The van der Waals surface area contributed by atoms with Gasteiger partial charge in [-0.05, 0) is 62.7 Å². The van der Waals surface area contributed by atoms with E-state index in [9.17, 15) is 5.21 Å². The molecule has 0 aliphatic carbocycles. The van der Waals surface area contributed by atoms with E-state index < -0.39 is 0 Å². The average Bonchev–Trinajstić information content (AvgIpc) is 2.72. The first kappa shape index (κ1) is 19.2. The summed E-state index contributed by atoms with van der Waals surface area (Å²) in [5, 5.41) is 11.5. The maximum Gasteiger partial charge on any atom is 0.225 e. The molecule has 5 heteroatoms. The first-order valence-electron chi connectivity index (χ1n) is 8.99. The standard InChI is InChI=1S/C12H12N2.C11H10N2O/c1-9-5-6-12(14-10(9)2)11-4-3-7-13-8-11;1-9-4-5-11(13(14)8-9)10-3-2-6-12-7-10/h3-8H,1-2H3;2-8H,1H3. The molecule has 4 rings (SSSR count). The quantitative estimate of drug-likeness (QED) is 0.386. The Labute approximate surface area is 165 Å². The van der Waals surface area contributed by atoms with E-state index in [4.69, 9.17) is 0 Å². The SMILES string of the molecule is Cc1ccc(-c2cccnc2)[n+]([O-])c1.Cc1ccc(-c2cccnc2)nc1C. The highest BCUT2D eigenvalue weighted by Crippen LogP contribution is 2.17. The lowest BCUT2D eigenvalue weighted by Gasteiger charge is -2.03. The van der Waals surface area contributed by atoms with Crippen LogP contribution in [0.4, 0.5) is 0 Å². The molecule has 0 aliphatic rings. The molecule has 0 atom stereocenters. The van der Waals surface area contributed by atoms with E-state index >= 15 is 0 Å². The highest BCUT2D eigenvalue weighted by Gasteiger charge is 2.07. The molecule has 0 bridgehead atoms. The summed E-state index contributed by atoms with van der Waals surface area (Å²) in [7, 11) is 0. The third-order valence-corrected chi connectivity index (χ3v) is 4.33. The van der Waals surface area contributed by atoms with Gasteiger partial charge in [0.15, 0.2) is 6.20 Å². The van der Waals surface area contributed by atoms with Crippen molar-refractivity contribution in [1.82, 2.24) is 15.0 Å². The van der Waals surface area contributed by atoms with Crippen molar-refractivity contribution in [2.75, 3.05) is 0 Å². The fourth-order valence-corrected chi connectivity index (χ4v) is 2.62. The first-order valence-corrected chi connectivity index (χ1v) is 8.99. The highest BCUT2D eigenvalue weighted by molar-refractivity contribution is 5.58. The van der Waals surface area contributed by atoms with E-state index in [1.165, 1.54) is 5.56 Å². The molecule has 0 unspecified atom stereocenters. The molecule has 4 aromatic heterocycles. The summed E-state index contributed by atoms with van der Waals surface area (Å²) in [5.41, 5.74) is 6.76. The van der Waals surface area contributed by atoms with Crippen molar-refractivity contribution in [2.45, 2.75) is 20.8 Å². The molecule has 0 spiro atoms. The van der Waals surface area contributed by atoms with Crippen molar-refractivity contribution < 1.29 is 4.73 Å². The van der Waals surface area contributed by atoms with E-state index in [1.54, 1.807) is 30.9 Å². The Hall–Kier alpha value is -3.60. The van der Waals surface area contributed by atoms with Crippen LogP contribution in [0.3, 0.4) is 0 Å². The zero-order chi connectivity index (χ0) is 19.9. The summed E-state index contributed by atoms with van der Waals surface area (Å²) < 4.78 is 0.867. The molecule has 0 radical (unpaired) electrons. The molecule has 0 amide bonds. The monoisotopic (exact) mass is 370 g/mol. The first-order chi connectivity index (χ1) is 13.5.